The van der Waals surface area contributed by atoms with Crippen LogP contribution in [0, 0.1) is 11.3 Å². The second-order valence-corrected chi connectivity index (χ2v) is 6.29. The van der Waals surface area contributed by atoms with Crippen LogP contribution in [-0.2, 0) is 13.0 Å². The summed E-state index contributed by atoms with van der Waals surface area (Å²) in [5.41, 5.74) is 4.86. The second kappa shape index (κ2) is 4.58. The third kappa shape index (κ3) is 2.26. The van der Waals surface area contributed by atoms with E-state index in [0.717, 1.165) is 19.0 Å². The molecule has 2 aliphatic rings. The van der Waals surface area contributed by atoms with Gasteiger partial charge in [0.1, 0.15) is 0 Å². The molecule has 98 valence electrons. The van der Waals surface area contributed by atoms with Crippen molar-refractivity contribution in [2.45, 2.75) is 39.7 Å². The smallest absolute Gasteiger partial charge is 0.0373 e. The lowest BCUT2D eigenvalue weighted by Crippen LogP contribution is -2.27. The van der Waals surface area contributed by atoms with Gasteiger partial charge in [-0.3, -0.25) is 0 Å². The van der Waals surface area contributed by atoms with Crippen molar-refractivity contribution in [2.75, 3.05) is 18.4 Å². The molecule has 1 aliphatic carbocycles. The van der Waals surface area contributed by atoms with Gasteiger partial charge in [0, 0.05) is 25.3 Å². The van der Waals surface area contributed by atoms with E-state index in [1.165, 1.54) is 42.6 Å². The number of hydrogen-bond donors (Lipinski definition) is 2. The molecule has 0 amide bonds. The van der Waals surface area contributed by atoms with Gasteiger partial charge in [-0.15, -0.1) is 0 Å². The Labute approximate surface area is 110 Å². The van der Waals surface area contributed by atoms with Gasteiger partial charge in [-0.25, -0.2) is 0 Å². The average Bonchev–Trinajstić information content (AvgIpc) is 3.00. The van der Waals surface area contributed by atoms with Crippen molar-refractivity contribution in [2.24, 2.45) is 11.3 Å². The quantitative estimate of drug-likeness (QED) is 0.831. The number of fused-ring (bicyclic) bond motifs is 1. The van der Waals surface area contributed by atoms with Crippen molar-refractivity contribution in [1.82, 2.24) is 5.32 Å². The molecule has 0 unspecified atom stereocenters. The van der Waals surface area contributed by atoms with Gasteiger partial charge in [-0.2, -0.15) is 0 Å². The van der Waals surface area contributed by atoms with Crippen LogP contribution in [0.15, 0.2) is 18.2 Å². The number of anilines is 1. The molecule has 0 bridgehead atoms. The maximum Gasteiger partial charge on any atom is 0.0373 e. The van der Waals surface area contributed by atoms with E-state index >= 15 is 0 Å². The first kappa shape index (κ1) is 12.0. The number of benzene rings is 1. The van der Waals surface area contributed by atoms with Crippen molar-refractivity contribution in [3.8, 4) is 0 Å². The Morgan fingerprint density at radius 2 is 2.17 bits per heavy atom. The molecule has 0 atom stereocenters. The lowest BCUT2D eigenvalue weighted by atomic mass is 9.92. The van der Waals surface area contributed by atoms with E-state index in [1.807, 2.05) is 0 Å². The van der Waals surface area contributed by atoms with E-state index < -0.39 is 0 Å². The Morgan fingerprint density at radius 1 is 1.33 bits per heavy atom. The SMILES string of the molecule is CC(C)C1(CNCc2ccc3c(c2)CCN3)CC1. The Balaban J connectivity index is 1.54. The molecule has 0 spiro atoms. The molecule has 18 heavy (non-hydrogen) atoms. The molecule has 2 N–H and O–H groups in total. The van der Waals surface area contributed by atoms with E-state index in [4.69, 9.17) is 0 Å². The fourth-order valence-electron chi connectivity index (χ4n) is 3.04. The van der Waals surface area contributed by atoms with Crippen molar-refractivity contribution >= 4 is 5.69 Å². The molecule has 0 aromatic heterocycles. The molecule has 2 heteroatoms. The standard InChI is InChI=1S/C16H24N2/c1-12(2)16(6-7-16)11-17-10-13-3-4-15-14(9-13)5-8-18-15/h3-4,9,12,17-18H,5-8,10-11H2,1-2H3. The summed E-state index contributed by atoms with van der Waals surface area (Å²) in [5.74, 6) is 0.814. The van der Waals surface area contributed by atoms with Crippen LogP contribution in [0.25, 0.3) is 0 Å². The lowest BCUT2D eigenvalue weighted by molar-refractivity contribution is 0.338. The molecule has 2 nitrogen and oxygen atoms in total. The van der Waals surface area contributed by atoms with Crippen LogP contribution in [0.2, 0.25) is 0 Å². The average molecular weight is 244 g/mol. The van der Waals surface area contributed by atoms with Gasteiger partial charge in [0.15, 0.2) is 0 Å². The van der Waals surface area contributed by atoms with Gasteiger partial charge in [0.25, 0.3) is 0 Å². The van der Waals surface area contributed by atoms with Crippen LogP contribution in [0.5, 0.6) is 0 Å². The molecule has 1 saturated carbocycles. The summed E-state index contributed by atoms with van der Waals surface area (Å²) in [6, 6.07) is 6.84. The fraction of sp³-hybridized carbons (Fsp3) is 0.625. The van der Waals surface area contributed by atoms with Crippen LogP contribution in [0.1, 0.15) is 37.8 Å². The first-order chi connectivity index (χ1) is 8.70. The van der Waals surface area contributed by atoms with Gasteiger partial charge in [0.2, 0.25) is 0 Å². The summed E-state index contributed by atoms with van der Waals surface area (Å²) in [7, 11) is 0. The van der Waals surface area contributed by atoms with Gasteiger partial charge >= 0.3 is 0 Å². The fourth-order valence-corrected chi connectivity index (χ4v) is 3.04. The highest BCUT2D eigenvalue weighted by Crippen LogP contribution is 2.51. The molecule has 0 radical (unpaired) electrons. The van der Waals surface area contributed by atoms with Gasteiger partial charge < -0.3 is 10.6 Å². The molecule has 0 saturated heterocycles. The first-order valence-corrected chi connectivity index (χ1v) is 7.26. The highest BCUT2D eigenvalue weighted by atomic mass is 14.9. The van der Waals surface area contributed by atoms with Crippen molar-refractivity contribution < 1.29 is 0 Å². The van der Waals surface area contributed by atoms with E-state index in [2.05, 4.69) is 42.7 Å². The van der Waals surface area contributed by atoms with Crippen LogP contribution in [0.4, 0.5) is 5.69 Å². The molecule has 1 heterocycles. The third-order valence-corrected chi connectivity index (χ3v) is 4.80. The Bertz CT molecular complexity index is 433. The minimum atomic E-state index is 0.609. The van der Waals surface area contributed by atoms with Crippen molar-refractivity contribution in [1.29, 1.82) is 0 Å². The first-order valence-electron chi connectivity index (χ1n) is 7.26. The summed E-state index contributed by atoms with van der Waals surface area (Å²) in [5, 5.41) is 7.07. The van der Waals surface area contributed by atoms with Gasteiger partial charge in [0.05, 0.1) is 0 Å². The Kier molecular flexibility index (Phi) is 3.06. The van der Waals surface area contributed by atoms with Crippen molar-refractivity contribution in [3.63, 3.8) is 0 Å². The van der Waals surface area contributed by atoms with Gasteiger partial charge in [-0.1, -0.05) is 26.0 Å². The molecule has 1 aromatic rings. The van der Waals surface area contributed by atoms with E-state index in [1.54, 1.807) is 0 Å². The maximum atomic E-state index is 3.66. The second-order valence-electron chi connectivity index (χ2n) is 6.29. The van der Waals surface area contributed by atoms with Crippen LogP contribution < -0.4 is 10.6 Å². The zero-order valence-electron chi connectivity index (χ0n) is 11.6. The predicted molar refractivity (Wildman–Crippen MR) is 76.8 cm³/mol. The highest BCUT2D eigenvalue weighted by Gasteiger charge is 2.44. The molecular weight excluding hydrogens is 220 g/mol. The number of nitrogens with one attached hydrogen (secondary N) is 2. The number of hydrogen-bond acceptors (Lipinski definition) is 2. The normalized spacial score (nSPS) is 19.7. The minimum absolute atomic E-state index is 0.609. The summed E-state index contributed by atoms with van der Waals surface area (Å²) in [6.07, 6.45) is 4.00. The Morgan fingerprint density at radius 3 is 2.89 bits per heavy atom. The zero-order valence-corrected chi connectivity index (χ0v) is 11.6. The summed E-state index contributed by atoms with van der Waals surface area (Å²) in [6.45, 7) is 8.01. The third-order valence-electron chi connectivity index (χ3n) is 4.80. The van der Waals surface area contributed by atoms with Crippen LogP contribution >= 0.6 is 0 Å². The largest absolute Gasteiger partial charge is 0.384 e. The minimum Gasteiger partial charge on any atom is -0.384 e. The highest BCUT2D eigenvalue weighted by molar-refractivity contribution is 5.56. The van der Waals surface area contributed by atoms with Crippen LogP contribution in [0.3, 0.4) is 0 Å². The molecule has 1 fully saturated rings. The predicted octanol–water partition coefficient (Wildman–Crippen LogP) is 3.18. The van der Waals surface area contributed by atoms with E-state index in [-0.39, 0.29) is 0 Å². The van der Waals surface area contributed by atoms with E-state index in [9.17, 15) is 0 Å². The number of rotatable bonds is 5. The summed E-state index contributed by atoms with van der Waals surface area (Å²) >= 11 is 0. The van der Waals surface area contributed by atoms with Gasteiger partial charge in [-0.05, 0) is 47.8 Å². The molecule has 3 rings (SSSR count). The topological polar surface area (TPSA) is 24.1 Å². The van der Waals surface area contributed by atoms with Crippen LogP contribution in [-0.4, -0.2) is 13.1 Å². The molecule has 1 aliphatic heterocycles. The zero-order chi connectivity index (χ0) is 12.6. The molecule has 1 aromatic carbocycles. The molecular formula is C16H24N2. The monoisotopic (exact) mass is 244 g/mol. The maximum absolute atomic E-state index is 3.66. The summed E-state index contributed by atoms with van der Waals surface area (Å²) in [4.78, 5) is 0. The Hall–Kier alpha value is -1.02. The van der Waals surface area contributed by atoms with E-state index in [0.29, 0.717) is 5.41 Å². The summed E-state index contributed by atoms with van der Waals surface area (Å²) < 4.78 is 0. The van der Waals surface area contributed by atoms with Crippen molar-refractivity contribution in [3.05, 3.63) is 29.3 Å². The lowest BCUT2D eigenvalue weighted by Gasteiger charge is -2.20.